The van der Waals surface area contributed by atoms with Crippen molar-refractivity contribution < 1.29 is 9.18 Å². The predicted molar refractivity (Wildman–Crippen MR) is 96.8 cm³/mol. The van der Waals surface area contributed by atoms with Gasteiger partial charge in [0.15, 0.2) is 0 Å². The maximum atomic E-state index is 12.9. The molecule has 1 aromatic carbocycles. The van der Waals surface area contributed by atoms with E-state index < -0.39 is 0 Å². The van der Waals surface area contributed by atoms with E-state index in [9.17, 15) is 9.18 Å². The Labute approximate surface area is 149 Å². The number of benzene rings is 1. The van der Waals surface area contributed by atoms with Crippen molar-refractivity contribution in [3.8, 4) is 6.07 Å². The Bertz CT molecular complexity index is 657. The fourth-order valence-electron chi connectivity index (χ4n) is 3.71. The molecule has 1 aliphatic rings. The van der Waals surface area contributed by atoms with Crippen LogP contribution < -0.4 is 5.32 Å². The number of carbonyl (C=O) groups excluding carboxylic acids is 1. The third-order valence-corrected chi connectivity index (χ3v) is 5.25. The summed E-state index contributed by atoms with van der Waals surface area (Å²) in [5, 5.41) is 12.0. The van der Waals surface area contributed by atoms with Crippen molar-refractivity contribution in [3.63, 3.8) is 0 Å². The molecule has 0 unspecified atom stereocenters. The van der Waals surface area contributed by atoms with Gasteiger partial charge in [-0.1, -0.05) is 37.6 Å². The van der Waals surface area contributed by atoms with Gasteiger partial charge in [-0.15, -0.1) is 0 Å². The van der Waals surface area contributed by atoms with E-state index in [1.807, 2.05) is 0 Å². The van der Waals surface area contributed by atoms with Crippen LogP contribution in [0.2, 0.25) is 0 Å². The van der Waals surface area contributed by atoms with Crippen molar-refractivity contribution in [2.24, 2.45) is 23.7 Å². The van der Waals surface area contributed by atoms with E-state index in [0.29, 0.717) is 37.1 Å². The third kappa shape index (κ3) is 5.42. The number of amides is 1. The predicted octanol–water partition coefficient (Wildman–Crippen LogP) is 4.60. The lowest BCUT2D eigenvalue weighted by Crippen LogP contribution is -2.31. The highest BCUT2D eigenvalue weighted by Crippen LogP contribution is 2.40. The number of nitriles is 1. The summed E-state index contributed by atoms with van der Waals surface area (Å²) in [5.74, 6) is 1.21. The van der Waals surface area contributed by atoms with E-state index in [1.54, 1.807) is 12.1 Å². The van der Waals surface area contributed by atoms with Crippen LogP contribution in [-0.2, 0) is 11.3 Å². The van der Waals surface area contributed by atoms with E-state index in [-0.39, 0.29) is 17.6 Å². The first-order chi connectivity index (χ1) is 11.9. The summed E-state index contributed by atoms with van der Waals surface area (Å²) in [6.45, 7) is 6.86. The minimum Gasteiger partial charge on any atom is -0.352 e. The van der Waals surface area contributed by atoms with Crippen molar-refractivity contribution >= 4 is 5.91 Å². The maximum Gasteiger partial charge on any atom is 0.220 e. The summed E-state index contributed by atoms with van der Waals surface area (Å²) < 4.78 is 12.9. The van der Waals surface area contributed by atoms with E-state index in [4.69, 9.17) is 5.26 Å². The molecule has 0 fully saturated rings. The number of halogens is 1. The van der Waals surface area contributed by atoms with Crippen LogP contribution in [-0.4, -0.2) is 5.91 Å². The van der Waals surface area contributed by atoms with E-state index >= 15 is 0 Å². The van der Waals surface area contributed by atoms with E-state index in [2.05, 4.69) is 38.2 Å². The molecule has 2 rings (SSSR count). The molecular formula is C21H27FN2O. The highest BCUT2D eigenvalue weighted by Gasteiger charge is 2.32. The molecule has 0 heterocycles. The average molecular weight is 342 g/mol. The highest BCUT2D eigenvalue weighted by molar-refractivity contribution is 5.76. The molecule has 0 radical (unpaired) electrons. The SMILES string of the molecule is CC1=C[C@@H](CC#N)[C@H](C(C)C)C[C@H]1CC(=O)NCc1ccc(F)cc1. The van der Waals surface area contributed by atoms with E-state index in [1.165, 1.54) is 17.7 Å². The molecule has 0 aromatic heterocycles. The molecule has 3 nitrogen and oxygen atoms in total. The number of hydrogen-bond donors (Lipinski definition) is 1. The number of carbonyl (C=O) groups is 1. The summed E-state index contributed by atoms with van der Waals surface area (Å²) in [4.78, 5) is 12.3. The number of rotatable bonds is 6. The molecule has 1 aliphatic carbocycles. The second-order valence-electron chi connectivity index (χ2n) is 7.38. The highest BCUT2D eigenvalue weighted by atomic mass is 19.1. The molecule has 0 saturated carbocycles. The molecule has 1 amide bonds. The van der Waals surface area contributed by atoms with Gasteiger partial charge in [0.1, 0.15) is 5.82 Å². The van der Waals surface area contributed by atoms with Gasteiger partial charge >= 0.3 is 0 Å². The molecule has 4 heteroatoms. The molecule has 0 spiro atoms. The van der Waals surface area contributed by atoms with Gasteiger partial charge in [-0.2, -0.15) is 5.26 Å². The fourth-order valence-corrected chi connectivity index (χ4v) is 3.71. The van der Waals surface area contributed by atoms with Gasteiger partial charge < -0.3 is 5.32 Å². The van der Waals surface area contributed by atoms with Crippen molar-refractivity contribution in [1.29, 1.82) is 5.26 Å². The molecule has 25 heavy (non-hydrogen) atoms. The first-order valence-corrected chi connectivity index (χ1v) is 8.97. The standard InChI is InChI=1S/C21H27FN2O/c1-14(2)20-11-18(15(3)10-17(20)8-9-23)12-21(25)24-13-16-4-6-19(22)7-5-16/h4-7,10,14,17-18,20H,8,11-13H2,1-3H3,(H,24,25)/t17-,18+,20+/m1/s1. The van der Waals surface area contributed by atoms with Crippen molar-refractivity contribution in [2.45, 2.75) is 46.6 Å². The van der Waals surface area contributed by atoms with Crippen LogP contribution in [0.25, 0.3) is 0 Å². The Morgan fingerprint density at radius 1 is 1.36 bits per heavy atom. The second-order valence-corrected chi connectivity index (χ2v) is 7.38. The van der Waals surface area contributed by atoms with Crippen LogP contribution in [0, 0.1) is 40.8 Å². The van der Waals surface area contributed by atoms with Gasteiger partial charge in [0.05, 0.1) is 6.07 Å². The van der Waals surface area contributed by atoms with Gasteiger partial charge in [-0.3, -0.25) is 4.79 Å². The van der Waals surface area contributed by atoms with Gasteiger partial charge in [0.25, 0.3) is 0 Å². The second kappa shape index (κ2) is 8.80. The fraction of sp³-hybridized carbons (Fsp3) is 0.524. The summed E-state index contributed by atoms with van der Waals surface area (Å²) in [6.07, 6.45) is 4.17. The van der Waals surface area contributed by atoms with Crippen LogP contribution in [0.15, 0.2) is 35.9 Å². The van der Waals surface area contributed by atoms with Crippen LogP contribution in [0.1, 0.15) is 45.6 Å². The lowest BCUT2D eigenvalue weighted by molar-refractivity contribution is -0.122. The molecule has 0 aliphatic heterocycles. The zero-order valence-corrected chi connectivity index (χ0v) is 15.3. The normalized spacial score (nSPS) is 23.0. The topological polar surface area (TPSA) is 52.9 Å². The van der Waals surface area contributed by atoms with Crippen molar-refractivity contribution in [3.05, 3.63) is 47.3 Å². The smallest absolute Gasteiger partial charge is 0.220 e. The number of nitrogens with zero attached hydrogens (tertiary/aromatic N) is 1. The van der Waals surface area contributed by atoms with Gasteiger partial charge in [0.2, 0.25) is 5.91 Å². The Balaban J connectivity index is 1.94. The molecule has 3 atom stereocenters. The largest absolute Gasteiger partial charge is 0.352 e. The van der Waals surface area contributed by atoms with Gasteiger partial charge in [-0.05, 0) is 54.7 Å². The zero-order valence-electron chi connectivity index (χ0n) is 15.3. The average Bonchev–Trinajstić information content (AvgIpc) is 2.56. The maximum absolute atomic E-state index is 12.9. The first-order valence-electron chi connectivity index (χ1n) is 8.97. The van der Waals surface area contributed by atoms with Crippen LogP contribution in [0.3, 0.4) is 0 Å². The first kappa shape index (κ1) is 19.2. The number of nitrogens with one attached hydrogen (secondary N) is 1. The Kier molecular flexibility index (Phi) is 6.75. The van der Waals surface area contributed by atoms with Crippen LogP contribution >= 0.6 is 0 Å². The lowest BCUT2D eigenvalue weighted by Gasteiger charge is -2.36. The molecule has 0 bridgehead atoms. The van der Waals surface area contributed by atoms with Crippen LogP contribution in [0.4, 0.5) is 4.39 Å². The molecule has 1 N–H and O–H groups in total. The summed E-state index contributed by atoms with van der Waals surface area (Å²) in [6, 6.07) is 8.46. The van der Waals surface area contributed by atoms with Crippen molar-refractivity contribution in [1.82, 2.24) is 5.32 Å². The monoisotopic (exact) mass is 342 g/mol. The number of allylic oxidation sites excluding steroid dienone is 2. The summed E-state index contributed by atoms with van der Waals surface area (Å²) in [7, 11) is 0. The third-order valence-electron chi connectivity index (χ3n) is 5.25. The quantitative estimate of drug-likeness (QED) is 0.768. The summed E-state index contributed by atoms with van der Waals surface area (Å²) in [5.41, 5.74) is 2.11. The minimum atomic E-state index is -0.273. The molecule has 1 aromatic rings. The van der Waals surface area contributed by atoms with Gasteiger partial charge in [0, 0.05) is 19.4 Å². The summed E-state index contributed by atoms with van der Waals surface area (Å²) >= 11 is 0. The molecule has 134 valence electrons. The van der Waals surface area contributed by atoms with E-state index in [0.717, 1.165) is 12.0 Å². The Hall–Kier alpha value is -2.15. The lowest BCUT2D eigenvalue weighted by atomic mass is 9.69. The Morgan fingerprint density at radius 3 is 2.64 bits per heavy atom. The zero-order chi connectivity index (χ0) is 18.4. The Morgan fingerprint density at radius 2 is 2.04 bits per heavy atom. The molecular weight excluding hydrogens is 315 g/mol. The number of hydrogen-bond acceptors (Lipinski definition) is 2. The minimum absolute atomic E-state index is 0.0170. The van der Waals surface area contributed by atoms with Crippen molar-refractivity contribution in [2.75, 3.05) is 0 Å². The molecule has 0 saturated heterocycles. The van der Waals surface area contributed by atoms with Gasteiger partial charge in [-0.25, -0.2) is 4.39 Å². The van der Waals surface area contributed by atoms with Crippen LogP contribution in [0.5, 0.6) is 0 Å².